The van der Waals surface area contributed by atoms with Gasteiger partial charge in [-0.1, -0.05) is 43.8 Å². The van der Waals surface area contributed by atoms with Gasteiger partial charge in [0.05, 0.1) is 5.25 Å². The molecule has 1 aromatic carbocycles. The van der Waals surface area contributed by atoms with Gasteiger partial charge in [-0.15, -0.1) is 0 Å². The number of carbonyl (C=O) groups is 2. The van der Waals surface area contributed by atoms with E-state index >= 15 is 0 Å². The van der Waals surface area contributed by atoms with Crippen LogP contribution in [0, 0.1) is 5.92 Å². The van der Waals surface area contributed by atoms with Gasteiger partial charge in [0.25, 0.3) is 0 Å². The normalized spacial score (nSPS) is 23.2. The van der Waals surface area contributed by atoms with Gasteiger partial charge in [0.15, 0.2) is 0 Å². The number of hydrogen-bond donors (Lipinski definition) is 1. The molecule has 3 rings (SSSR count). The number of nitrogens with zero attached hydrogens (tertiary/aromatic N) is 2. The van der Waals surface area contributed by atoms with Crippen molar-refractivity contribution >= 4 is 22.0 Å². The van der Waals surface area contributed by atoms with E-state index in [1.165, 1.54) is 6.08 Å². The number of benzene rings is 1. The first-order valence-electron chi connectivity index (χ1n) is 10.7. The molecule has 0 bridgehead atoms. The average molecular weight is 450 g/mol. The van der Waals surface area contributed by atoms with Gasteiger partial charge < -0.3 is 15.0 Å². The quantitative estimate of drug-likeness (QED) is 0.671. The fourth-order valence-electron chi connectivity index (χ4n) is 4.15. The molecule has 2 atom stereocenters. The minimum absolute atomic E-state index is 0.0143. The molecule has 1 N–H and O–H groups in total. The third-order valence-electron chi connectivity index (χ3n) is 6.07. The van der Waals surface area contributed by atoms with E-state index in [0.29, 0.717) is 45.4 Å². The van der Waals surface area contributed by atoms with Gasteiger partial charge in [0.2, 0.25) is 15.9 Å². The van der Waals surface area contributed by atoms with E-state index in [2.05, 4.69) is 11.9 Å². The maximum atomic E-state index is 13.1. The molecular weight excluding hydrogens is 418 g/mol. The Bertz CT molecular complexity index is 882. The number of likely N-dealkylation sites (tertiary alicyclic amines) is 1. The van der Waals surface area contributed by atoms with Crippen molar-refractivity contribution in [1.29, 1.82) is 0 Å². The van der Waals surface area contributed by atoms with Crippen molar-refractivity contribution in [2.45, 2.75) is 44.1 Å². The van der Waals surface area contributed by atoms with Gasteiger partial charge in [0, 0.05) is 32.2 Å². The van der Waals surface area contributed by atoms with Crippen LogP contribution >= 0.6 is 0 Å². The summed E-state index contributed by atoms with van der Waals surface area (Å²) < 4.78 is 33.2. The first kappa shape index (κ1) is 23.3. The van der Waals surface area contributed by atoms with E-state index in [4.69, 9.17) is 4.74 Å². The van der Waals surface area contributed by atoms with Gasteiger partial charge in [-0.05, 0) is 36.8 Å². The number of nitrogens with one attached hydrogen (secondary N) is 1. The fourth-order valence-corrected chi connectivity index (χ4v) is 6.18. The Balaban J connectivity index is 1.49. The number of piperidine rings is 2. The van der Waals surface area contributed by atoms with Crippen LogP contribution in [-0.4, -0.2) is 67.1 Å². The Labute approximate surface area is 184 Å². The smallest absolute Gasteiger partial charge is 0.410 e. The van der Waals surface area contributed by atoms with Gasteiger partial charge in [-0.3, -0.25) is 4.79 Å². The molecule has 2 amide bonds. The Morgan fingerprint density at radius 3 is 2.45 bits per heavy atom. The summed E-state index contributed by atoms with van der Waals surface area (Å²) >= 11 is 0. The van der Waals surface area contributed by atoms with Crippen molar-refractivity contribution in [1.82, 2.24) is 14.5 Å². The van der Waals surface area contributed by atoms with E-state index in [-0.39, 0.29) is 24.5 Å². The first-order chi connectivity index (χ1) is 14.8. The van der Waals surface area contributed by atoms with E-state index in [0.717, 1.165) is 5.56 Å². The molecule has 0 aromatic heterocycles. The standard InChI is InChI=1S/C22H31N3O5S/c1-3-21(26)23-20-11-14-25(15-17(20)2)31(28,29)19-9-12-24(13-10-19)22(27)30-16-18-7-5-4-6-8-18/h3-8,17,19-20H,1,9-16H2,2H3,(H,23,26). The molecule has 2 aliphatic heterocycles. The van der Waals surface area contributed by atoms with E-state index < -0.39 is 21.4 Å². The van der Waals surface area contributed by atoms with E-state index in [9.17, 15) is 18.0 Å². The Hall–Kier alpha value is -2.39. The number of hydrogen-bond acceptors (Lipinski definition) is 5. The zero-order chi connectivity index (χ0) is 22.4. The summed E-state index contributed by atoms with van der Waals surface area (Å²) in [6.07, 6.45) is 2.18. The lowest BCUT2D eigenvalue weighted by Gasteiger charge is -2.39. The summed E-state index contributed by atoms with van der Waals surface area (Å²) in [4.78, 5) is 25.5. The summed E-state index contributed by atoms with van der Waals surface area (Å²) in [7, 11) is -3.46. The van der Waals surface area contributed by atoms with Crippen molar-refractivity contribution < 1.29 is 22.7 Å². The number of sulfonamides is 1. The molecule has 0 aliphatic carbocycles. The van der Waals surface area contributed by atoms with Crippen LogP contribution in [0.5, 0.6) is 0 Å². The second-order valence-electron chi connectivity index (χ2n) is 8.21. The molecule has 31 heavy (non-hydrogen) atoms. The number of carbonyl (C=O) groups excluding carboxylic acids is 2. The molecule has 2 saturated heterocycles. The highest BCUT2D eigenvalue weighted by molar-refractivity contribution is 7.89. The molecular formula is C22H31N3O5S. The van der Waals surface area contributed by atoms with Crippen molar-refractivity contribution in [3.63, 3.8) is 0 Å². The lowest BCUT2D eigenvalue weighted by atomic mass is 9.95. The summed E-state index contributed by atoms with van der Waals surface area (Å²) in [6, 6.07) is 9.39. The van der Waals surface area contributed by atoms with Crippen molar-refractivity contribution in [3.8, 4) is 0 Å². The van der Waals surface area contributed by atoms with Crippen LogP contribution in [0.25, 0.3) is 0 Å². The van der Waals surface area contributed by atoms with Crippen LogP contribution < -0.4 is 5.32 Å². The highest BCUT2D eigenvalue weighted by atomic mass is 32.2. The van der Waals surface area contributed by atoms with Crippen molar-refractivity contribution in [2.75, 3.05) is 26.2 Å². The second-order valence-corrected chi connectivity index (χ2v) is 10.4. The van der Waals surface area contributed by atoms with Gasteiger partial charge in [-0.2, -0.15) is 0 Å². The Morgan fingerprint density at radius 2 is 1.84 bits per heavy atom. The Kier molecular flexibility index (Phi) is 7.72. The largest absolute Gasteiger partial charge is 0.445 e. The highest BCUT2D eigenvalue weighted by Crippen LogP contribution is 2.26. The van der Waals surface area contributed by atoms with Crippen LogP contribution in [0.1, 0.15) is 31.7 Å². The number of rotatable bonds is 6. The first-order valence-corrected chi connectivity index (χ1v) is 12.2. The summed E-state index contributed by atoms with van der Waals surface area (Å²) in [5, 5.41) is 2.37. The lowest BCUT2D eigenvalue weighted by Crippen LogP contribution is -2.54. The summed E-state index contributed by atoms with van der Waals surface area (Å²) in [6.45, 7) is 7.09. The molecule has 2 aliphatic rings. The van der Waals surface area contributed by atoms with Crippen LogP contribution in [0.15, 0.2) is 43.0 Å². The Morgan fingerprint density at radius 1 is 1.16 bits per heavy atom. The maximum absolute atomic E-state index is 13.1. The predicted molar refractivity (Wildman–Crippen MR) is 118 cm³/mol. The molecule has 8 nitrogen and oxygen atoms in total. The molecule has 170 valence electrons. The third kappa shape index (κ3) is 5.86. The van der Waals surface area contributed by atoms with Crippen LogP contribution in [0.2, 0.25) is 0 Å². The molecule has 2 heterocycles. The molecule has 0 radical (unpaired) electrons. The molecule has 0 spiro atoms. The summed E-state index contributed by atoms with van der Waals surface area (Å²) in [5.41, 5.74) is 0.912. The minimum Gasteiger partial charge on any atom is -0.445 e. The van der Waals surface area contributed by atoms with Crippen molar-refractivity contribution in [3.05, 3.63) is 48.6 Å². The number of amides is 2. The van der Waals surface area contributed by atoms with Gasteiger partial charge in [-0.25, -0.2) is 17.5 Å². The van der Waals surface area contributed by atoms with Crippen LogP contribution in [0.4, 0.5) is 4.79 Å². The number of ether oxygens (including phenoxy) is 1. The van der Waals surface area contributed by atoms with E-state index in [1.807, 2.05) is 37.3 Å². The summed E-state index contributed by atoms with van der Waals surface area (Å²) in [5.74, 6) is -0.222. The monoisotopic (exact) mass is 449 g/mol. The molecule has 9 heteroatoms. The lowest BCUT2D eigenvalue weighted by molar-refractivity contribution is -0.117. The van der Waals surface area contributed by atoms with Crippen LogP contribution in [0.3, 0.4) is 0 Å². The van der Waals surface area contributed by atoms with Crippen LogP contribution in [-0.2, 0) is 26.2 Å². The second kappa shape index (κ2) is 10.3. The third-order valence-corrected chi connectivity index (χ3v) is 8.43. The predicted octanol–water partition coefficient (Wildman–Crippen LogP) is 2.13. The molecule has 0 saturated carbocycles. The van der Waals surface area contributed by atoms with E-state index in [1.54, 1.807) is 9.21 Å². The zero-order valence-electron chi connectivity index (χ0n) is 17.9. The van der Waals surface area contributed by atoms with Gasteiger partial charge >= 0.3 is 6.09 Å². The molecule has 2 unspecified atom stereocenters. The molecule has 1 aromatic rings. The average Bonchev–Trinajstić information content (AvgIpc) is 2.79. The molecule has 2 fully saturated rings. The zero-order valence-corrected chi connectivity index (χ0v) is 18.7. The SMILES string of the molecule is C=CC(=O)NC1CCN(S(=O)(=O)C2CCN(C(=O)OCc3ccccc3)CC2)CC1C. The fraction of sp³-hybridized carbons (Fsp3) is 0.545. The topological polar surface area (TPSA) is 96.0 Å². The van der Waals surface area contributed by atoms with Gasteiger partial charge in [0.1, 0.15) is 6.61 Å². The highest BCUT2D eigenvalue weighted by Gasteiger charge is 2.39. The van der Waals surface area contributed by atoms with Crippen molar-refractivity contribution in [2.24, 2.45) is 5.92 Å². The maximum Gasteiger partial charge on any atom is 0.410 e. The minimum atomic E-state index is -3.46.